The highest BCUT2D eigenvalue weighted by Gasteiger charge is 2.51. The van der Waals surface area contributed by atoms with Crippen molar-refractivity contribution in [3.63, 3.8) is 0 Å². The molecule has 2 saturated heterocycles. The van der Waals surface area contributed by atoms with E-state index in [2.05, 4.69) is 5.32 Å². The fourth-order valence-corrected chi connectivity index (χ4v) is 2.80. The summed E-state index contributed by atoms with van der Waals surface area (Å²) in [6.45, 7) is 2.73. The molecule has 2 aliphatic heterocycles. The highest BCUT2D eigenvalue weighted by Crippen LogP contribution is 2.33. The molecule has 152 valence electrons. The lowest BCUT2D eigenvalue weighted by molar-refractivity contribution is -0.369. The zero-order chi connectivity index (χ0) is 19.5. The maximum atomic E-state index is 12.0. The molecule has 1 amide bonds. The first kappa shape index (κ1) is 22.2. The lowest BCUT2D eigenvalue weighted by Gasteiger charge is -2.49. The monoisotopic (exact) mass is 437 g/mol. The molecule has 0 radical (unpaired) electrons. The molecule has 0 aromatic carbocycles. The summed E-state index contributed by atoms with van der Waals surface area (Å²) in [7, 11) is 0. The van der Waals surface area contributed by atoms with Crippen molar-refractivity contribution >= 4 is 40.9 Å². The predicted octanol–water partition coefficient (Wildman–Crippen LogP) is 0.698. The van der Waals surface area contributed by atoms with E-state index in [0.29, 0.717) is 0 Å². The molecule has 9 nitrogen and oxygen atoms in total. The van der Waals surface area contributed by atoms with Crippen LogP contribution in [-0.4, -0.2) is 83.0 Å². The summed E-state index contributed by atoms with van der Waals surface area (Å²) in [5, 5.41) is 22.1. The van der Waals surface area contributed by atoms with E-state index in [1.165, 1.54) is 0 Å². The molecule has 0 aliphatic carbocycles. The smallest absolute Gasteiger partial charge is 0.407 e. The van der Waals surface area contributed by atoms with Crippen LogP contribution >= 0.6 is 34.8 Å². The largest absolute Gasteiger partial charge is 0.445 e. The number of carbonyl (C=O) groups excluding carboxylic acids is 1. The van der Waals surface area contributed by atoms with E-state index in [9.17, 15) is 9.90 Å². The Morgan fingerprint density at radius 3 is 2.69 bits per heavy atom. The Labute approximate surface area is 165 Å². The predicted molar refractivity (Wildman–Crippen MR) is 91.2 cm³/mol. The number of carbonyl (C=O) groups is 1. The van der Waals surface area contributed by atoms with Gasteiger partial charge in [0.15, 0.2) is 12.1 Å². The van der Waals surface area contributed by atoms with Gasteiger partial charge in [-0.15, -0.1) is 0 Å². The number of alkyl carbamates (subject to hydrolysis) is 1. The molecule has 26 heavy (non-hydrogen) atoms. The first-order chi connectivity index (χ1) is 12.0. The third-order valence-corrected chi connectivity index (χ3v) is 4.04. The molecule has 0 aromatic rings. The van der Waals surface area contributed by atoms with Crippen LogP contribution in [0, 0.1) is 0 Å². The summed E-state index contributed by atoms with van der Waals surface area (Å²) in [4.78, 5) is 12.0. The van der Waals surface area contributed by atoms with Crippen LogP contribution in [0.25, 0.3) is 0 Å². The number of amides is 1. The van der Waals surface area contributed by atoms with Crippen LogP contribution in [0.4, 0.5) is 4.79 Å². The zero-order valence-electron chi connectivity index (χ0n) is 14.2. The molecule has 0 unspecified atom stereocenters. The molecule has 5 atom stereocenters. The number of aliphatic hydroxyl groups is 2. The number of nitrogens with one attached hydrogen (secondary N) is 1. The SMILES string of the molecule is CC1(C)OC[C@H]2O[C@H](OCCO)[C@H](NC(=O)OCC(Cl)(Cl)Cl)[C@@H](O)[C@@H]2O1. The van der Waals surface area contributed by atoms with Gasteiger partial charge in [-0.1, -0.05) is 34.8 Å². The molecule has 0 bridgehead atoms. The second-order valence-electron chi connectivity index (χ2n) is 6.28. The average molecular weight is 439 g/mol. The third kappa shape index (κ3) is 6.22. The van der Waals surface area contributed by atoms with Crippen molar-refractivity contribution in [2.75, 3.05) is 26.4 Å². The number of aliphatic hydroxyl groups excluding tert-OH is 2. The van der Waals surface area contributed by atoms with Crippen LogP contribution in [0.5, 0.6) is 0 Å². The number of ether oxygens (including phenoxy) is 5. The van der Waals surface area contributed by atoms with Crippen molar-refractivity contribution in [2.24, 2.45) is 0 Å². The van der Waals surface area contributed by atoms with Crippen LogP contribution in [0.15, 0.2) is 0 Å². The lowest BCUT2D eigenvalue weighted by atomic mass is 9.95. The maximum Gasteiger partial charge on any atom is 0.407 e. The van der Waals surface area contributed by atoms with Crippen LogP contribution in [0.3, 0.4) is 0 Å². The highest BCUT2D eigenvalue weighted by molar-refractivity contribution is 6.67. The molecule has 0 saturated carbocycles. The molecule has 3 N–H and O–H groups in total. The number of alkyl halides is 3. The van der Waals surface area contributed by atoms with E-state index in [1.807, 2.05) is 0 Å². The van der Waals surface area contributed by atoms with Gasteiger partial charge in [0.25, 0.3) is 0 Å². The number of hydrogen-bond acceptors (Lipinski definition) is 8. The van der Waals surface area contributed by atoms with E-state index in [1.54, 1.807) is 13.8 Å². The van der Waals surface area contributed by atoms with Crippen LogP contribution in [0.2, 0.25) is 0 Å². The normalized spacial score (nSPS) is 34.0. The Morgan fingerprint density at radius 1 is 1.38 bits per heavy atom. The van der Waals surface area contributed by atoms with Gasteiger partial charge in [0.2, 0.25) is 3.79 Å². The summed E-state index contributed by atoms with van der Waals surface area (Å²) < 4.78 is 25.3. The van der Waals surface area contributed by atoms with Crippen LogP contribution in [0.1, 0.15) is 13.8 Å². The summed E-state index contributed by atoms with van der Waals surface area (Å²) in [6, 6.07) is -1.04. The summed E-state index contributed by atoms with van der Waals surface area (Å²) >= 11 is 16.6. The van der Waals surface area contributed by atoms with Crippen molar-refractivity contribution < 1.29 is 38.7 Å². The molecular formula is C14H22Cl3NO8. The molecule has 2 fully saturated rings. The first-order valence-corrected chi connectivity index (χ1v) is 9.03. The zero-order valence-corrected chi connectivity index (χ0v) is 16.5. The summed E-state index contributed by atoms with van der Waals surface area (Å²) in [5.41, 5.74) is 0. The quantitative estimate of drug-likeness (QED) is 0.537. The fraction of sp³-hybridized carbons (Fsp3) is 0.929. The second-order valence-corrected chi connectivity index (χ2v) is 8.80. The Morgan fingerprint density at radius 2 is 2.08 bits per heavy atom. The number of fused-ring (bicyclic) bond motifs is 1. The van der Waals surface area contributed by atoms with Crippen LogP contribution < -0.4 is 5.32 Å². The van der Waals surface area contributed by atoms with Crippen molar-refractivity contribution in [2.45, 2.75) is 54.1 Å². The van der Waals surface area contributed by atoms with E-state index >= 15 is 0 Å². The molecule has 12 heteroatoms. The maximum absolute atomic E-state index is 12.0. The molecular weight excluding hydrogens is 417 g/mol. The van der Waals surface area contributed by atoms with Crippen molar-refractivity contribution in [1.29, 1.82) is 0 Å². The van der Waals surface area contributed by atoms with Gasteiger partial charge in [0, 0.05) is 0 Å². The van der Waals surface area contributed by atoms with Crippen molar-refractivity contribution in [1.82, 2.24) is 5.32 Å². The summed E-state index contributed by atoms with van der Waals surface area (Å²) in [5.74, 6) is -0.926. The van der Waals surface area contributed by atoms with Gasteiger partial charge in [0.1, 0.15) is 31.0 Å². The summed E-state index contributed by atoms with van der Waals surface area (Å²) in [6.07, 6.45) is -4.58. The minimum atomic E-state index is -1.77. The minimum Gasteiger partial charge on any atom is -0.445 e. The molecule has 2 rings (SSSR count). The Balaban J connectivity index is 2.06. The van der Waals surface area contributed by atoms with E-state index < -0.39 is 52.9 Å². The van der Waals surface area contributed by atoms with Crippen molar-refractivity contribution in [3.05, 3.63) is 0 Å². The molecule has 0 spiro atoms. The third-order valence-electron chi connectivity index (χ3n) is 3.71. The van der Waals surface area contributed by atoms with Gasteiger partial charge in [-0.25, -0.2) is 4.79 Å². The molecule has 2 heterocycles. The van der Waals surface area contributed by atoms with Gasteiger partial charge in [0.05, 0.1) is 19.8 Å². The standard InChI is InChI=1S/C14H22Cl3NO8/c1-13(2)24-5-7-10(26-13)9(20)8(11(25-7)22-4-3-19)18-12(21)23-6-14(15,16)17/h7-11,19-20H,3-6H2,1-2H3,(H,18,21)/t7-,8-,9-,10-,11+/m1/s1. The van der Waals surface area contributed by atoms with Gasteiger partial charge in [-0.05, 0) is 13.8 Å². The highest BCUT2D eigenvalue weighted by atomic mass is 35.6. The Hall–Kier alpha value is -0.1000. The first-order valence-electron chi connectivity index (χ1n) is 7.90. The number of halogens is 3. The van der Waals surface area contributed by atoms with E-state index in [4.69, 9.17) is 63.6 Å². The Kier molecular flexibility index (Phi) is 7.63. The topological polar surface area (TPSA) is 116 Å². The lowest BCUT2D eigenvalue weighted by Crippen LogP contribution is -2.68. The van der Waals surface area contributed by atoms with Gasteiger partial charge >= 0.3 is 6.09 Å². The number of hydrogen-bond donors (Lipinski definition) is 3. The average Bonchev–Trinajstić information content (AvgIpc) is 2.53. The van der Waals surface area contributed by atoms with Crippen LogP contribution in [-0.2, 0) is 23.7 Å². The molecule has 2 aliphatic rings. The van der Waals surface area contributed by atoms with E-state index in [0.717, 1.165) is 0 Å². The minimum absolute atomic E-state index is 0.0661. The van der Waals surface area contributed by atoms with Crippen molar-refractivity contribution in [3.8, 4) is 0 Å². The number of rotatable bonds is 5. The van der Waals surface area contributed by atoms with Gasteiger partial charge < -0.3 is 39.2 Å². The Bertz CT molecular complexity index is 489. The molecule has 0 aromatic heterocycles. The van der Waals surface area contributed by atoms with Gasteiger partial charge in [-0.3, -0.25) is 0 Å². The fourth-order valence-electron chi connectivity index (χ4n) is 2.63. The second kappa shape index (κ2) is 8.93. The van der Waals surface area contributed by atoms with Gasteiger partial charge in [-0.2, -0.15) is 0 Å². The van der Waals surface area contributed by atoms with E-state index in [-0.39, 0.29) is 19.8 Å².